The molecule has 0 aliphatic rings. The van der Waals surface area contributed by atoms with Crippen LogP contribution in [0.1, 0.15) is 36.7 Å². The fourth-order valence-electron chi connectivity index (χ4n) is 1.16. The second-order valence-electron chi connectivity index (χ2n) is 4.25. The predicted molar refractivity (Wildman–Crippen MR) is 54.8 cm³/mol. The Balaban J connectivity index is 3.01. The van der Waals surface area contributed by atoms with Crippen LogP contribution in [0, 0.1) is 6.92 Å². The van der Waals surface area contributed by atoms with Crippen molar-refractivity contribution in [1.29, 1.82) is 0 Å². The van der Waals surface area contributed by atoms with Gasteiger partial charge >= 0.3 is 0 Å². The van der Waals surface area contributed by atoms with Crippen LogP contribution in [0.5, 0.6) is 0 Å². The van der Waals surface area contributed by atoms with Gasteiger partial charge in [0.2, 0.25) is 0 Å². The Morgan fingerprint density at radius 3 is 1.92 bits per heavy atom. The van der Waals surface area contributed by atoms with Crippen LogP contribution in [0.15, 0.2) is 24.3 Å². The van der Waals surface area contributed by atoms with E-state index in [0.717, 1.165) is 0 Å². The number of ketones is 1. The minimum Gasteiger partial charge on any atom is -0.294 e. The Labute approximate surface area is 79.8 Å². The zero-order chi connectivity index (χ0) is 10.1. The summed E-state index contributed by atoms with van der Waals surface area (Å²) in [6.07, 6.45) is 0. The van der Waals surface area contributed by atoms with Gasteiger partial charge < -0.3 is 0 Å². The summed E-state index contributed by atoms with van der Waals surface area (Å²) in [6.45, 7) is 9.80. The summed E-state index contributed by atoms with van der Waals surface area (Å²) in [5.41, 5.74) is 2.05. The fraction of sp³-hybridized carbons (Fsp3) is 0.333. The second kappa shape index (κ2) is 3.33. The zero-order valence-corrected chi connectivity index (χ0v) is 8.42. The molecule has 13 heavy (non-hydrogen) atoms. The van der Waals surface area contributed by atoms with Crippen molar-refractivity contribution in [1.82, 2.24) is 0 Å². The molecule has 0 saturated carbocycles. The molecule has 0 spiro atoms. The Hall–Kier alpha value is -1.11. The van der Waals surface area contributed by atoms with E-state index in [1.165, 1.54) is 5.56 Å². The van der Waals surface area contributed by atoms with Gasteiger partial charge in [-0.2, -0.15) is 0 Å². The highest BCUT2D eigenvalue weighted by molar-refractivity contribution is 5.99. The maximum absolute atomic E-state index is 10.9. The van der Waals surface area contributed by atoms with E-state index in [9.17, 15) is 4.79 Å². The van der Waals surface area contributed by atoms with Gasteiger partial charge in [-0.3, -0.25) is 4.79 Å². The molecule has 0 unspecified atom stereocenters. The van der Waals surface area contributed by atoms with E-state index in [2.05, 4.69) is 27.7 Å². The summed E-state index contributed by atoms with van der Waals surface area (Å²) in [4.78, 5) is 10.9. The minimum atomic E-state index is -0.125. The molecule has 1 rings (SSSR count). The number of hydrogen-bond acceptors (Lipinski definition) is 1. The lowest BCUT2D eigenvalue weighted by Crippen LogP contribution is -2.10. The van der Waals surface area contributed by atoms with Crippen molar-refractivity contribution in [2.45, 2.75) is 26.2 Å². The van der Waals surface area contributed by atoms with Crippen LogP contribution >= 0.6 is 0 Å². The molecular weight excluding hydrogens is 160 g/mol. The third kappa shape index (κ3) is 2.41. The van der Waals surface area contributed by atoms with E-state index >= 15 is 0 Å². The lowest BCUT2D eigenvalue weighted by molar-refractivity contribution is 0.104. The van der Waals surface area contributed by atoms with Gasteiger partial charge in [0.15, 0.2) is 5.78 Å². The summed E-state index contributed by atoms with van der Waals surface area (Å²) >= 11 is 0. The van der Waals surface area contributed by atoms with Crippen LogP contribution in [0.4, 0.5) is 0 Å². The number of Topliss-reactive ketones (excluding diaryl/α,β-unsaturated/α-hetero) is 1. The van der Waals surface area contributed by atoms with Crippen molar-refractivity contribution in [2.24, 2.45) is 0 Å². The molecule has 1 nitrogen and oxygen atoms in total. The van der Waals surface area contributed by atoms with Crippen LogP contribution in [0.25, 0.3) is 0 Å². The smallest absolute Gasteiger partial charge is 0.163 e. The summed E-state index contributed by atoms with van der Waals surface area (Å²) in [6, 6.07) is 7.63. The number of rotatable bonds is 1. The Morgan fingerprint density at radius 2 is 1.62 bits per heavy atom. The van der Waals surface area contributed by atoms with E-state index in [1.807, 2.05) is 24.3 Å². The highest BCUT2D eigenvalue weighted by Crippen LogP contribution is 2.22. The number of carbonyl (C=O) groups is 1. The van der Waals surface area contributed by atoms with Crippen LogP contribution in [-0.2, 0) is 5.41 Å². The van der Waals surface area contributed by atoms with Gasteiger partial charge in [-0.25, -0.2) is 0 Å². The van der Waals surface area contributed by atoms with Gasteiger partial charge in [0.25, 0.3) is 0 Å². The van der Waals surface area contributed by atoms with E-state index in [0.29, 0.717) is 5.56 Å². The molecule has 0 bridgehead atoms. The Bertz CT molecular complexity index is 301. The van der Waals surface area contributed by atoms with Gasteiger partial charge in [0.1, 0.15) is 0 Å². The van der Waals surface area contributed by atoms with Crippen molar-refractivity contribution in [3.05, 3.63) is 42.3 Å². The quantitative estimate of drug-likeness (QED) is 0.600. The van der Waals surface area contributed by atoms with Crippen molar-refractivity contribution in [3.8, 4) is 0 Å². The molecule has 69 valence electrons. The highest BCUT2D eigenvalue weighted by Gasteiger charge is 2.13. The standard InChI is InChI=1S/C12H15O/c1-9(13)10-5-7-11(8-6-10)12(2,3)4/h5-8H,1H2,2-4H3. The number of hydrogen-bond donors (Lipinski definition) is 0. The van der Waals surface area contributed by atoms with Gasteiger partial charge in [0, 0.05) is 12.5 Å². The monoisotopic (exact) mass is 175 g/mol. The van der Waals surface area contributed by atoms with Crippen molar-refractivity contribution >= 4 is 5.78 Å². The molecule has 0 aromatic heterocycles. The molecule has 0 amide bonds. The van der Waals surface area contributed by atoms with Crippen molar-refractivity contribution in [3.63, 3.8) is 0 Å². The Kier molecular flexibility index (Phi) is 2.55. The van der Waals surface area contributed by atoms with E-state index < -0.39 is 0 Å². The second-order valence-corrected chi connectivity index (χ2v) is 4.25. The summed E-state index contributed by atoms with van der Waals surface area (Å²) in [5, 5.41) is 0. The summed E-state index contributed by atoms with van der Waals surface area (Å²) < 4.78 is 0. The molecule has 0 aliphatic carbocycles. The van der Waals surface area contributed by atoms with Crippen molar-refractivity contribution in [2.75, 3.05) is 0 Å². The molecule has 0 saturated heterocycles. The summed E-state index contributed by atoms with van der Waals surface area (Å²) in [7, 11) is 0. The lowest BCUT2D eigenvalue weighted by Gasteiger charge is -2.18. The molecule has 0 N–H and O–H groups in total. The number of carbonyl (C=O) groups excluding carboxylic acids is 1. The van der Waals surface area contributed by atoms with Gasteiger partial charge in [-0.1, -0.05) is 45.0 Å². The Morgan fingerprint density at radius 1 is 1.15 bits per heavy atom. The molecule has 1 heteroatoms. The average molecular weight is 175 g/mol. The zero-order valence-electron chi connectivity index (χ0n) is 8.42. The maximum Gasteiger partial charge on any atom is 0.163 e. The summed E-state index contributed by atoms with van der Waals surface area (Å²) in [5.74, 6) is -0.125. The highest BCUT2D eigenvalue weighted by atomic mass is 16.1. The van der Waals surface area contributed by atoms with Gasteiger partial charge in [-0.15, -0.1) is 0 Å². The number of benzene rings is 1. The molecule has 1 radical (unpaired) electrons. The lowest BCUT2D eigenvalue weighted by atomic mass is 9.86. The molecule has 1 aromatic carbocycles. The molecule has 0 heterocycles. The first-order valence-corrected chi connectivity index (χ1v) is 4.38. The van der Waals surface area contributed by atoms with Gasteiger partial charge in [0.05, 0.1) is 0 Å². The van der Waals surface area contributed by atoms with E-state index in [4.69, 9.17) is 0 Å². The van der Waals surface area contributed by atoms with Gasteiger partial charge in [-0.05, 0) is 11.0 Å². The van der Waals surface area contributed by atoms with Crippen LogP contribution in [-0.4, -0.2) is 5.78 Å². The first-order chi connectivity index (χ1) is 5.91. The topological polar surface area (TPSA) is 17.1 Å². The average Bonchev–Trinajstić information content (AvgIpc) is 2.03. The van der Waals surface area contributed by atoms with Crippen LogP contribution < -0.4 is 0 Å². The molecule has 0 fully saturated rings. The molecular formula is C12H15O. The third-order valence-electron chi connectivity index (χ3n) is 2.07. The van der Waals surface area contributed by atoms with Crippen LogP contribution in [0.3, 0.4) is 0 Å². The van der Waals surface area contributed by atoms with E-state index in [1.54, 1.807) is 0 Å². The molecule has 1 aromatic rings. The molecule has 0 atom stereocenters. The largest absolute Gasteiger partial charge is 0.294 e. The normalized spacial score (nSPS) is 11.4. The van der Waals surface area contributed by atoms with Crippen LogP contribution in [0.2, 0.25) is 0 Å². The molecule has 0 aliphatic heterocycles. The first-order valence-electron chi connectivity index (χ1n) is 4.38. The third-order valence-corrected chi connectivity index (χ3v) is 2.07. The minimum absolute atomic E-state index is 0.125. The fourth-order valence-corrected chi connectivity index (χ4v) is 1.16. The predicted octanol–water partition coefficient (Wildman–Crippen LogP) is 3.00. The maximum atomic E-state index is 10.9. The van der Waals surface area contributed by atoms with Crippen molar-refractivity contribution < 1.29 is 4.79 Å². The SMILES string of the molecule is [CH2]C(=O)c1ccc(C(C)(C)C)cc1. The first kappa shape index (κ1) is 9.97. The van der Waals surface area contributed by atoms with E-state index in [-0.39, 0.29) is 11.2 Å².